The number of amides is 2. The number of halogens is 1. The van der Waals surface area contributed by atoms with Crippen LogP contribution in [0.2, 0.25) is 0 Å². The number of alkyl halides is 1. The molecule has 1 fully saturated rings. The van der Waals surface area contributed by atoms with Crippen molar-refractivity contribution in [1.29, 1.82) is 0 Å². The molecular weight excluding hydrogens is 494 g/mol. The van der Waals surface area contributed by atoms with Gasteiger partial charge < -0.3 is 9.84 Å². The van der Waals surface area contributed by atoms with Gasteiger partial charge in [0.15, 0.2) is 0 Å². The molecule has 0 aromatic heterocycles. The van der Waals surface area contributed by atoms with Gasteiger partial charge >= 0.3 is 6.09 Å². The monoisotopic (exact) mass is 535 g/mol. The van der Waals surface area contributed by atoms with Crippen LogP contribution < -0.4 is 0 Å². The standard InChI is InChI=1S/C28H42BrNO4/c1-2-3-4-5-6-7-8-9-10-11-12-13-17-20-25(31)26(29)27(32)30-24(22-34-28(30)33)21-23-18-15-14-16-19-23/h14-20,24-26,31H,2-13,21-22H2,1H3. The van der Waals surface area contributed by atoms with Crippen molar-refractivity contribution in [2.24, 2.45) is 0 Å². The Morgan fingerprint density at radius 1 is 1.06 bits per heavy atom. The predicted octanol–water partition coefficient (Wildman–Crippen LogP) is 6.96. The zero-order valence-electron chi connectivity index (χ0n) is 20.7. The second-order valence-electron chi connectivity index (χ2n) is 9.27. The topological polar surface area (TPSA) is 66.8 Å². The number of benzene rings is 1. The number of hydrogen-bond acceptors (Lipinski definition) is 4. The molecule has 34 heavy (non-hydrogen) atoms. The third kappa shape index (κ3) is 10.3. The Hall–Kier alpha value is -1.66. The first kappa shape index (κ1) is 28.6. The Labute approximate surface area is 214 Å². The van der Waals surface area contributed by atoms with Crippen LogP contribution in [-0.2, 0) is 16.0 Å². The third-order valence-electron chi connectivity index (χ3n) is 6.36. The molecule has 3 unspecified atom stereocenters. The first-order chi connectivity index (χ1) is 16.5. The van der Waals surface area contributed by atoms with Crippen molar-refractivity contribution >= 4 is 27.9 Å². The van der Waals surface area contributed by atoms with E-state index in [-0.39, 0.29) is 12.6 Å². The van der Waals surface area contributed by atoms with Crippen LogP contribution in [-0.4, -0.2) is 45.6 Å². The van der Waals surface area contributed by atoms with Gasteiger partial charge in [-0.2, -0.15) is 0 Å². The van der Waals surface area contributed by atoms with Gasteiger partial charge in [0.2, 0.25) is 5.91 Å². The van der Waals surface area contributed by atoms with Crippen LogP contribution in [0.25, 0.3) is 0 Å². The molecular formula is C28H42BrNO4. The van der Waals surface area contributed by atoms with E-state index in [1.807, 2.05) is 36.4 Å². The minimum atomic E-state index is -0.994. The summed E-state index contributed by atoms with van der Waals surface area (Å²) in [5, 5.41) is 10.5. The van der Waals surface area contributed by atoms with Crippen molar-refractivity contribution in [2.75, 3.05) is 6.61 Å². The Morgan fingerprint density at radius 2 is 1.65 bits per heavy atom. The van der Waals surface area contributed by atoms with Gasteiger partial charge in [0.1, 0.15) is 11.4 Å². The van der Waals surface area contributed by atoms with Gasteiger partial charge in [-0.3, -0.25) is 4.79 Å². The highest BCUT2D eigenvalue weighted by molar-refractivity contribution is 9.10. The molecule has 5 nitrogen and oxygen atoms in total. The molecule has 3 atom stereocenters. The molecule has 6 heteroatoms. The van der Waals surface area contributed by atoms with E-state index >= 15 is 0 Å². The summed E-state index contributed by atoms with van der Waals surface area (Å²) in [5.74, 6) is -0.463. The van der Waals surface area contributed by atoms with Crippen molar-refractivity contribution in [1.82, 2.24) is 4.90 Å². The van der Waals surface area contributed by atoms with Gasteiger partial charge in [0.05, 0.1) is 12.1 Å². The Kier molecular flexibility index (Phi) is 14.2. The fourth-order valence-corrected chi connectivity index (χ4v) is 4.70. The largest absolute Gasteiger partial charge is 0.447 e. The molecule has 1 aromatic carbocycles. The lowest BCUT2D eigenvalue weighted by molar-refractivity contribution is -0.129. The van der Waals surface area contributed by atoms with E-state index in [0.29, 0.717) is 6.42 Å². The summed E-state index contributed by atoms with van der Waals surface area (Å²) < 4.78 is 5.13. The van der Waals surface area contributed by atoms with E-state index in [1.54, 1.807) is 6.08 Å². The molecule has 1 aromatic rings. The molecule has 1 aliphatic rings. The van der Waals surface area contributed by atoms with E-state index in [9.17, 15) is 14.7 Å². The van der Waals surface area contributed by atoms with E-state index in [1.165, 1.54) is 64.2 Å². The minimum Gasteiger partial charge on any atom is -0.447 e. The molecule has 1 aliphatic heterocycles. The zero-order chi connectivity index (χ0) is 24.6. The lowest BCUT2D eigenvalue weighted by atomic mass is 10.0. The second kappa shape index (κ2) is 16.9. The summed E-state index contributed by atoms with van der Waals surface area (Å²) in [7, 11) is 0. The maximum atomic E-state index is 12.9. The van der Waals surface area contributed by atoms with Gasteiger partial charge in [0, 0.05) is 0 Å². The molecule has 2 amide bonds. The first-order valence-corrected chi connectivity index (χ1v) is 14.0. The summed E-state index contributed by atoms with van der Waals surface area (Å²) in [6.45, 7) is 2.42. The van der Waals surface area contributed by atoms with Crippen LogP contribution in [0.5, 0.6) is 0 Å². The highest BCUT2D eigenvalue weighted by Crippen LogP contribution is 2.22. The predicted molar refractivity (Wildman–Crippen MR) is 141 cm³/mol. The number of hydrogen-bond donors (Lipinski definition) is 1. The number of ether oxygens (including phenoxy) is 1. The average Bonchev–Trinajstić information content (AvgIpc) is 3.21. The van der Waals surface area contributed by atoms with E-state index in [4.69, 9.17) is 4.74 Å². The van der Waals surface area contributed by atoms with Crippen LogP contribution in [0, 0.1) is 0 Å². The van der Waals surface area contributed by atoms with E-state index in [2.05, 4.69) is 22.9 Å². The van der Waals surface area contributed by atoms with Gasteiger partial charge in [-0.05, 0) is 24.8 Å². The Morgan fingerprint density at radius 3 is 2.26 bits per heavy atom. The van der Waals surface area contributed by atoms with Gasteiger partial charge in [-0.25, -0.2) is 9.69 Å². The highest BCUT2D eigenvalue weighted by Gasteiger charge is 2.41. The number of aliphatic hydroxyl groups excluding tert-OH is 1. The number of rotatable bonds is 17. The number of aliphatic hydroxyl groups is 1. The van der Waals surface area contributed by atoms with Crippen LogP contribution >= 0.6 is 15.9 Å². The summed E-state index contributed by atoms with van der Waals surface area (Å²) in [5.41, 5.74) is 1.03. The third-order valence-corrected chi connectivity index (χ3v) is 7.29. The quantitative estimate of drug-likeness (QED) is 0.133. The number of imide groups is 1. The van der Waals surface area contributed by atoms with Gasteiger partial charge in [-0.15, -0.1) is 0 Å². The summed E-state index contributed by atoms with van der Waals surface area (Å²) in [4.78, 5) is 25.4. The Balaban J connectivity index is 1.63. The number of carbonyl (C=O) groups excluding carboxylic acids is 2. The maximum absolute atomic E-state index is 12.9. The summed E-state index contributed by atoms with van der Waals surface area (Å²) in [6, 6.07) is 9.34. The molecule has 1 heterocycles. The molecule has 0 spiro atoms. The smallest absolute Gasteiger partial charge is 0.417 e. The number of allylic oxidation sites excluding steroid dienone is 1. The molecule has 2 rings (SSSR count). The van der Waals surface area contributed by atoms with Crippen molar-refractivity contribution < 1.29 is 19.4 Å². The maximum Gasteiger partial charge on any atom is 0.417 e. The van der Waals surface area contributed by atoms with Crippen molar-refractivity contribution in [3.8, 4) is 0 Å². The van der Waals surface area contributed by atoms with E-state index < -0.39 is 22.9 Å². The molecule has 1 saturated heterocycles. The van der Waals surface area contributed by atoms with Crippen LogP contribution in [0.1, 0.15) is 89.5 Å². The fourth-order valence-electron chi connectivity index (χ4n) is 4.31. The molecule has 1 N–H and O–H groups in total. The van der Waals surface area contributed by atoms with Gasteiger partial charge in [-0.1, -0.05) is 130 Å². The van der Waals surface area contributed by atoms with Crippen LogP contribution in [0.4, 0.5) is 4.79 Å². The number of carbonyl (C=O) groups is 2. The lowest BCUT2D eigenvalue weighted by Crippen LogP contribution is -2.46. The fraction of sp³-hybridized carbons (Fsp3) is 0.643. The van der Waals surface area contributed by atoms with Crippen molar-refractivity contribution in [3.05, 3.63) is 48.0 Å². The number of nitrogens with zero attached hydrogens (tertiary/aromatic N) is 1. The first-order valence-electron chi connectivity index (χ1n) is 13.1. The molecule has 0 radical (unpaired) electrons. The zero-order valence-corrected chi connectivity index (χ0v) is 22.3. The van der Waals surface area contributed by atoms with Crippen LogP contribution in [0.15, 0.2) is 42.5 Å². The van der Waals surface area contributed by atoms with Gasteiger partial charge in [0.25, 0.3) is 0 Å². The molecule has 0 bridgehead atoms. The second-order valence-corrected chi connectivity index (χ2v) is 10.3. The number of cyclic esters (lactones) is 1. The number of unbranched alkanes of at least 4 members (excludes halogenated alkanes) is 11. The molecule has 0 aliphatic carbocycles. The lowest BCUT2D eigenvalue weighted by Gasteiger charge is -2.23. The SMILES string of the molecule is CCCCCCCCCCCCCC=CC(O)C(Br)C(=O)N1C(=O)OCC1Cc1ccccc1. The van der Waals surface area contributed by atoms with Crippen LogP contribution in [0.3, 0.4) is 0 Å². The summed E-state index contributed by atoms with van der Waals surface area (Å²) >= 11 is 3.30. The normalized spacial score (nSPS) is 17.8. The van der Waals surface area contributed by atoms with Crippen molar-refractivity contribution in [3.63, 3.8) is 0 Å². The molecule has 0 saturated carbocycles. The Bertz CT molecular complexity index is 739. The highest BCUT2D eigenvalue weighted by atomic mass is 79.9. The summed E-state index contributed by atoms with van der Waals surface area (Å²) in [6.07, 6.45) is 17.7. The molecule has 190 valence electrons. The van der Waals surface area contributed by atoms with E-state index in [0.717, 1.165) is 23.3 Å². The minimum absolute atomic E-state index is 0.171. The average molecular weight is 537 g/mol. The van der Waals surface area contributed by atoms with Crippen molar-refractivity contribution in [2.45, 2.75) is 107 Å².